The van der Waals surface area contributed by atoms with Gasteiger partial charge in [0.05, 0.1) is 13.2 Å². The lowest BCUT2D eigenvalue weighted by molar-refractivity contribution is 0.151. The summed E-state index contributed by atoms with van der Waals surface area (Å²) in [5, 5.41) is 0. The molecule has 0 unspecified atom stereocenters. The van der Waals surface area contributed by atoms with Crippen molar-refractivity contribution in [1.82, 2.24) is 0 Å². The number of thiol groups is 1. The van der Waals surface area contributed by atoms with E-state index in [2.05, 4.69) is 19.6 Å². The lowest BCUT2D eigenvalue weighted by Gasteiger charge is -2.15. The number of rotatable bonds is 1. The average Bonchev–Trinajstić information content (AvgIpc) is 1.89. The molecule has 1 aliphatic heterocycles. The van der Waals surface area contributed by atoms with Crippen LogP contribution < -0.4 is 0 Å². The quantitative estimate of drug-likeness (QED) is 0.554. The molecule has 9 heavy (non-hydrogen) atoms. The molecule has 0 aromatic carbocycles. The van der Waals surface area contributed by atoms with E-state index in [1.54, 1.807) is 0 Å². The molecular weight excluding hydrogens is 132 g/mol. The first-order chi connectivity index (χ1) is 4.34. The van der Waals surface area contributed by atoms with Gasteiger partial charge in [-0.3, -0.25) is 0 Å². The zero-order valence-electron chi connectivity index (χ0n) is 5.68. The minimum atomic E-state index is 0.728. The molecule has 0 aliphatic carbocycles. The van der Waals surface area contributed by atoms with Crippen LogP contribution in [0.15, 0.2) is 10.5 Å². The van der Waals surface area contributed by atoms with Crippen LogP contribution in [0.2, 0.25) is 0 Å². The van der Waals surface area contributed by atoms with Crippen molar-refractivity contribution in [2.24, 2.45) is 0 Å². The van der Waals surface area contributed by atoms with Crippen molar-refractivity contribution in [2.75, 3.05) is 13.2 Å². The van der Waals surface area contributed by atoms with Crippen molar-refractivity contribution >= 4 is 12.6 Å². The van der Waals surface area contributed by atoms with Crippen LogP contribution in [0.1, 0.15) is 19.8 Å². The van der Waals surface area contributed by atoms with Crippen molar-refractivity contribution in [2.45, 2.75) is 19.8 Å². The summed E-state index contributed by atoms with van der Waals surface area (Å²) >= 11 is 4.29. The van der Waals surface area contributed by atoms with Crippen LogP contribution in [0.3, 0.4) is 0 Å². The first-order valence-corrected chi connectivity index (χ1v) is 3.77. The molecule has 0 atom stereocenters. The minimum absolute atomic E-state index is 0.728. The Morgan fingerprint density at radius 3 is 2.89 bits per heavy atom. The molecule has 0 aromatic rings. The molecule has 0 bridgehead atoms. The van der Waals surface area contributed by atoms with E-state index in [0.717, 1.165) is 31.0 Å². The Kier molecular flexibility index (Phi) is 2.61. The lowest BCUT2D eigenvalue weighted by atomic mass is 10.1. The Morgan fingerprint density at radius 2 is 2.44 bits per heavy atom. The Morgan fingerprint density at radius 1 is 1.67 bits per heavy atom. The van der Waals surface area contributed by atoms with Crippen molar-refractivity contribution < 1.29 is 4.74 Å². The summed E-state index contributed by atoms with van der Waals surface area (Å²) in [6.07, 6.45) is 2.21. The van der Waals surface area contributed by atoms with Crippen LogP contribution in [0.4, 0.5) is 0 Å². The summed E-state index contributed by atoms with van der Waals surface area (Å²) in [4.78, 5) is 1.14. The molecule has 0 aromatic heterocycles. The standard InChI is InChI=1S/C7H12OS/c1-2-6-3-4-8-5-7(6)9/h9H,2-5H2,1H3. The molecule has 1 rings (SSSR count). The van der Waals surface area contributed by atoms with Crippen LogP contribution in [0.25, 0.3) is 0 Å². The Labute approximate surface area is 61.5 Å². The Balaban J connectivity index is 2.59. The van der Waals surface area contributed by atoms with Crippen molar-refractivity contribution in [1.29, 1.82) is 0 Å². The molecular formula is C7H12OS. The van der Waals surface area contributed by atoms with E-state index in [-0.39, 0.29) is 0 Å². The second-order valence-corrected chi connectivity index (χ2v) is 2.75. The first kappa shape index (κ1) is 7.16. The number of hydrogen-bond donors (Lipinski definition) is 1. The summed E-state index contributed by atoms with van der Waals surface area (Å²) in [6, 6.07) is 0. The molecule has 0 N–H and O–H groups in total. The smallest absolute Gasteiger partial charge is 0.0772 e. The van der Waals surface area contributed by atoms with Crippen LogP contribution >= 0.6 is 12.6 Å². The molecule has 1 heterocycles. The largest absolute Gasteiger partial charge is 0.376 e. The van der Waals surface area contributed by atoms with Crippen LogP contribution in [-0.4, -0.2) is 13.2 Å². The first-order valence-electron chi connectivity index (χ1n) is 3.32. The predicted octanol–water partition coefficient (Wildman–Crippen LogP) is 2.00. The van der Waals surface area contributed by atoms with Crippen molar-refractivity contribution in [3.05, 3.63) is 10.5 Å². The van der Waals surface area contributed by atoms with E-state index in [0.29, 0.717) is 0 Å². The molecule has 0 radical (unpaired) electrons. The molecule has 1 nitrogen and oxygen atoms in total. The third-order valence-electron chi connectivity index (χ3n) is 1.62. The topological polar surface area (TPSA) is 9.23 Å². The number of hydrogen-bond acceptors (Lipinski definition) is 2. The highest BCUT2D eigenvalue weighted by atomic mass is 32.1. The van der Waals surface area contributed by atoms with Gasteiger partial charge in [0.25, 0.3) is 0 Å². The fraction of sp³-hybridized carbons (Fsp3) is 0.714. The van der Waals surface area contributed by atoms with Crippen molar-refractivity contribution in [3.8, 4) is 0 Å². The Bertz CT molecular complexity index is 129. The maximum absolute atomic E-state index is 5.18. The molecule has 0 amide bonds. The summed E-state index contributed by atoms with van der Waals surface area (Å²) in [6.45, 7) is 3.77. The van der Waals surface area contributed by atoms with Gasteiger partial charge in [-0.05, 0) is 12.8 Å². The van der Waals surface area contributed by atoms with Gasteiger partial charge in [0, 0.05) is 4.91 Å². The van der Waals surface area contributed by atoms with Crippen LogP contribution in [-0.2, 0) is 4.74 Å². The second-order valence-electron chi connectivity index (χ2n) is 2.21. The van der Waals surface area contributed by atoms with Gasteiger partial charge in [-0.1, -0.05) is 12.5 Å². The minimum Gasteiger partial charge on any atom is -0.376 e. The second kappa shape index (κ2) is 3.28. The highest BCUT2D eigenvalue weighted by Crippen LogP contribution is 2.20. The lowest BCUT2D eigenvalue weighted by Crippen LogP contribution is -2.07. The highest BCUT2D eigenvalue weighted by Gasteiger charge is 2.06. The van der Waals surface area contributed by atoms with Gasteiger partial charge in [-0.25, -0.2) is 0 Å². The van der Waals surface area contributed by atoms with E-state index >= 15 is 0 Å². The van der Waals surface area contributed by atoms with Gasteiger partial charge in [-0.15, -0.1) is 12.6 Å². The van der Waals surface area contributed by atoms with Gasteiger partial charge < -0.3 is 4.74 Å². The fourth-order valence-corrected chi connectivity index (χ4v) is 1.35. The monoisotopic (exact) mass is 144 g/mol. The van der Waals surface area contributed by atoms with E-state index in [9.17, 15) is 0 Å². The predicted molar refractivity (Wildman–Crippen MR) is 41.7 cm³/mol. The van der Waals surface area contributed by atoms with Crippen LogP contribution in [0.5, 0.6) is 0 Å². The van der Waals surface area contributed by atoms with Crippen LogP contribution in [0, 0.1) is 0 Å². The molecule has 0 saturated heterocycles. The third-order valence-corrected chi connectivity index (χ3v) is 2.07. The van der Waals surface area contributed by atoms with Gasteiger partial charge in [0.2, 0.25) is 0 Å². The van der Waals surface area contributed by atoms with E-state index in [4.69, 9.17) is 4.74 Å². The SMILES string of the molecule is CCC1=C(S)COCC1. The van der Waals surface area contributed by atoms with Gasteiger partial charge in [-0.2, -0.15) is 0 Å². The molecule has 0 spiro atoms. The summed E-state index contributed by atoms with van der Waals surface area (Å²) in [5.41, 5.74) is 1.46. The van der Waals surface area contributed by atoms with E-state index in [1.165, 1.54) is 5.57 Å². The average molecular weight is 144 g/mol. The normalized spacial score (nSPS) is 20.7. The molecule has 1 aliphatic rings. The summed E-state index contributed by atoms with van der Waals surface area (Å²) in [5.74, 6) is 0. The highest BCUT2D eigenvalue weighted by molar-refractivity contribution is 7.84. The summed E-state index contributed by atoms with van der Waals surface area (Å²) < 4.78 is 5.18. The van der Waals surface area contributed by atoms with Gasteiger partial charge >= 0.3 is 0 Å². The molecule has 52 valence electrons. The van der Waals surface area contributed by atoms with Crippen molar-refractivity contribution in [3.63, 3.8) is 0 Å². The molecule has 0 saturated carbocycles. The summed E-state index contributed by atoms with van der Waals surface area (Å²) in [7, 11) is 0. The maximum atomic E-state index is 5.18. The fourth-order valence-electron chi connectivity index (χ4n) is 0.991. The third kappa shape index (κ3) is 1.73. The Hall–Kier alpha value is 0.0500. The molecule has 2 heteroatoms. The van der Waals surface area contributed by atoms with Gasteiger partial charge in [0.1, 0.15) is 0 Å². The molecule has 0 fully saturated rings. The number of ether oxygens (including phenoxy) is 1. The zero-order chi connectivity index (χ0) is 6.69. The van der Waals surface area contributed by atoms with E-state index < -0.39 is 0 Å². The zero-order valence-corrected chi connectivity index (χ0v) is 6.58. The van der Waals surface area contributed by atoms with Gasteiger partial charge in [0.15, 0.2) is 0 Å². The van der Waals surface area contributed by atoms with E-state index in [1.807, 2.05) is 0 Å². The maximum Gasteiger partial charge on any atom is 0.0772 e.